The van der Waals surface area contributed by atoms with Gasteiger partial charge in [-0.3, -0.25) is 14.8 Å². The third kappa shape index (κ3) is 5.00. The normalized spacial score (nSPS) is 16.0. The molecule has 0 aliphatic carbocycles. The Morgan fingerprint density at radius 1 is 0.921 bits per heavy atom. The predicted octanol–water partition coefficient (Wildman–Crippen LogP) is 7.43. The number of benzene rings is 3. The van der Waals surface area contributed by atoms with Gasteiger partial charge in [0.15, 0.2) is 0 Å². The van der Waals surface area contributed by atoms with Crippen molar-refractivity contribution in [2.24, 2.45) is 4.74 Å². The van der Waals surface area contributed by atoms with E-state index in [-0.39, 0.29) is 10.6 Å². The fourth-order valence-corrected chi connectivity index (χ4v) is 10.1. The van der Waals surface area contributed by atoms with E-state index in [0.717, 1.165) is 53.6 Å². The van der Waals surface area contributed by atoms with Gasteiger partial charge in [-0.15, -0.1) is 0 Å². The number of rotatable bonds is 6. The average molecular weight is 592 g/mol. The van der Waals surface area contributed by atoms with Gasteiger partial charge in [-0.1, -0.05) is 61.4 Å². The first-order chi connectivity index (χ1) is 18.4. The molecule has 0 N–H and O–H groups in total. The molecule has 0 spiro atoms. The molecule has 1 aromatic heterocycles. The Morgan fingerprint density at radius 2 is 1.55 bits per heavy atom. The van der Waals surface area contributed by atoms with Crippen LogP contribution in [0.5, 0.6) is 0 Å². The van der Waals surface area contributed by atoms with E-state index >= 15 is 0 Å². The first kappa shape index (κ1) is 26.5. The maximum atomic E-state index is 11.4. The van der Waals surface area contributed by atoms with E-state index in [9.17, 15) is 10.1 Å². The van der Waals surface area contributed by atoms with Crippen molar-refractivity contribution >= 4 is 45.1 Å². The van der Waals surface area contributed by atoms with E-state index in [1.54, 1.807) is 18.2 Å². The van der Waals surface area contributed by atoms with E-state index in [1.165, 1.54) is 12.8 Å². The fourth-order valence-electron chi connectivity index (χ4n) is 5.34. The standard InChI is InChI=1S/C29H31BrN5O2P/c1-22-29(23(2)34(31-22)24-13-7-5-8-14-24)38(26-15-9-6-10-16-26,33-19-11-3-4-12-20-33)32-28-18-17-25(35(36)37)21-27(28)30/h5-10,13-18,21H,3-4,11-12,19-20H2,1-2H3/t38-/m0/s1. The molecular weight excluding hydrogens is 561 g/mol. The Kier molecular flexibility index (Phi) is 7.93. The molecule has 3 aromatic carbocycles. The van der Waals surface area contributed by atoms with Crippen LogP contribution in [0.2, 0.25) is 0 Å². The number of hydrogen-bond donors (Lipinski definition) is 0. The number of para-hydroxylation sites is 1. The molecular formula is C29H31BrN5O2P. The number of aromatic nitrogens is 2. The fraction of sp³-hybridized carbons (Fsp3) is 0.276. The number of hydrogen-bond acceptors (Lipinski definition) is 4. The van der Waals surface area contributed by atoms with Crippen molar-refractivity contribution in [2.75, 3.05) is 13.1 Å². The maximum Gasteiger partial charge on any atom is 0.270 e. The lowest BCUT2D eigenvalue weighted by Gasteiger charge is -2.37. The van der Waals surface area contributed by atoms with Gasteiger partial charge in [0.2, 0.25) is 0 Å². The third-order valence-corrected chi connectivity index (χ3v) is 11.7. The van der Waals surface area contributed by atoms with Crippen molar-refractivity contribution in [1.29, 1.82) is 0 Å². The summed E-state index contributed by atoms with van der Waals surface area (Å²) in [6, 6.07) is 25.6. The Balaban J connectivity index is 1.87. The number of nitro benzene ring substituents is 1. The lowest BCUT2D eigenvalue weighted by molar-refractivity contribution is -0.384. The van der Waals surface area contributed by atoms with Crippen molar-refractivity contribution in [2.45, 2.75) is 39.5 Å². The Bertz CT molecular complexity index is 1500. The van der Waals surface area contributed by atoms with Crippen LogP contribution in [0.4, 0.5) is 11.4 Å². The van der Waals surface area contributed by atoms with E-state index < -0.39 is 7.21 Å². The maximum absolute atomic E-state index is 11.4. The molecule has 0 unspecified atom stereocenters. The zero-order valence-corrected chi connectivity index (χ0v) is 24.1. The van der Waals surface area contributed by atoms with Crippen molar-refractivity contribution in [3.8, 4) is 5.69 Å². The quantitative estimate of drug-likeness (QED) is 0.133. The summed E-state index contributed by atoms with van der Waals surface area (Å²) in [7, 11) is -2.59. The van der Waals surface area contributed by atoms with Crippen LogP contribution in [0.3, 0.4) is 0 Å². The van der Waals surface area contributed by atoms with E-state index in [0.29, 0.717) is 10.2 Å². The molecule has 2 heterocycles. The Labute approximate surface area is 231 Å². The molecule has 0 saturated carbocycles. The van der Waals surface area contributed by atoms with Gasteiger partial charge in [0, 0.05) is 35.0 Å². The molecule has 1 aliphatic rings. The van der Waals surface area contributed by atoms with Crippen LogP contribution in [0, 0.1) is 24.0 Å². The largest absolute Gasteiger partial charge is 0.270 e. The number of non-ortho nitro benzene ring substituents is 1. The lowest BCUT2D eigenvalue weighted by atomic mass is 10.2. The first-order valence-corrected chi connectivity index (χ1v) is 15.4. The molecule has 1 atom stereocenters. The molecule has 0 amide bonds. The minimum atomic E-state index is -2.59. The van der Waals surface area contributed by atoms with Crippen molar-refractivity contribution in [3.05, 3.63) is 105 Å². The Hall–Kier alpha value is -3.06. The highest BCUT2D eigenvalue weighted by Crippen LogP contribution is 2.56. The third-order valence-electron chi connectivity index (χ3n) is 7.07. The van der Waals surface area contributed by atoms with Crippen LogP contribution in [0.25, 0.3) is 5.69 Å². The number of halogens is 1. The Morgan fingerprint density at radius 3 is 2.16 bits per heavy atom. The average Bonchev–Trinajstić information content (AvgIpc) is 3.09. The summed E-state index contributed by atoms with van der Waals surface area (Å²) in [5, 5.41) is 18.8. The molecule has 0 radical (unpaired) electrons. The van der Waals surface area contributed by atoms with Gasteiger partial charge in [-0.05, 0) is 60.8 Å². The predicted molar refractivity (Wildman–Crippen MR) is 159 cm³/mol. The monoisotopic (exact) mass is 591 g/mol. The zero-order valence-electron chi connectivity index (χ0n) is 21.6. The molecule has 1 aliphatic heterocycles. The topological polar surface area (TPSA) is 76.6 Å². The molecule has 1 saturated heterocycles. The number of nitrogens with zero attached hydrogens (tertiary/aromatic N) is 5. The van der Waals surface area contributed by atoms with Gasteiger partial charge >= 0.3 is 0 Å². The van der Waals surface area contributed by atoms with Gasteiger partial charge < -0.3 is 0 Å². The minimum absolute atomic E-state index is 0.0403. The molecule has 9 heteroatoms. The molecule has 0 bridgehead atoms. The highest BCUT2D eigenvalue weighted by atomic mass is 79.9. The van der Waals surface area contributed by atoms with E-state index in [1.807, 2.05) is 28.9 Å². The zero-order chi connectivity index (χ0) is 26.7. The van der Waals surface area contributed by atoms with Crippen molar-refractivity contribution < 1.29 is 4.92 Å². The van der Waals surface area contributed by atoms with Gasteiger partial charge in [0.05, 0.1) is 40.2 Å². The van der Waals surface area contributed by atoms with Crippen LogP contribution >= 0.6 is 23.1 Å². The first-order valence-electron chi connectivity index (χ1n) is 12.9. The van der Waals surface area contributed by atoms with Gasteiger partial charge in [0.1, 0.15) is 0 Å². The van der Waals surface area contributed by atoms with Crippen molar-refractivity contribution in [3.63, 3.8) is 0 Å². The van der Waals surface area contributed by atoms with Crippen LogP contribution in [-0.2, 0) is 0 Å². The molecule has 5 rings (SSSR count). The summed E-state index contributed by atoms with van der Waals surface area (Å²) in [6.45, 7) is 6.09. The van der Waals surface area contributed by atoms with E-state index in [2.05, 4.69) is 70.8 Å². The second-order valence-corrected chi connectivity index (χ2v) is 13.4. The van der Waals surface area contributed by atoms with E-state index in [4.69, 9.17) is 9.84 Å². The molecule has 1 fully saturated rings. The molecule has 7 nitrogen and oxygen atoms in total. The van der Waals surface area contributed by atoms with Gasteiger partial charge in [-0.25, -0.2) is 9.43 Å². The summed E-state index contributed by atoms with van der Waals surface area (Å²) in [4.78, 5) is 11.1. The summed E-state index contributed by atoms with van der Waals surface area (Å²) in [5.41, 5.74) is 3.78. The highest BCUT2D eigenvalue weighted by molar-refractivity contribution is 9.10. The lowest BCUT2D eigenvalue weighted by Crippen LogP contribution is -2.35. The van der Waals surface area contributed by atoms with Crippen LogP contribution < -0.4 is 10.6 Å². The SMILES string of the molecule is Cc1nn(-c2ccccc2)c(C)c1[P@](=Nc1ccc([N+](=O)[O-])cc1Br)(c1ccccc1)N1CCCCCC1. The number of aryl methyl sites for hydroxylation is 1. The van der Waals surface area contributed by atoms with Crippen molar-refractivity contribution in [1.82, 2.24) is 14.5 Å². The van der Waals surface area contributed by atoms with Crippen LogP contribution in [-0.4, -0.2) is 32.5 Å². The summed E-state index contributed by atoms with van der Waals surface area (Å²) in [5.74, 6) is 0. The highest BCUT2D eigenvalue weighted by Gasteiger charge is 2.38. The molecule has 196 valence electrons. The molecule has 38 heavy (non-hydrogen) atoms. The summed E-state index contributed by atoms with van der Waals surface area (Å²) < 4.78 is 10.9. The smallest absolute Gasteiger partial charge is 0.262 e. The second kappa shape index (κ2) is 11.4. The second-order valence-electron chi connectivity index (χ2n) is 9.56. The number of nitro groups is 1. The summed E-state index contributed by atoms with van der Waals surface area (Å²) >= 11 is 3.61. The van der Waals surface area contributed by atoms with Crippen LogP contribution in [0.1, 0.15) is 37.1 Å². The minimum Gasteiger partial charge on any atom is -0.262 e. The van der Waals surface area contributed by atoms with Crippen LogP contribution in [0.15, 0.2) is 88.1 Å². The summed E-state index contributed by atoms with van der Waals surface area (Å²) in [6.07, 6.45) is 4.62. The molecule has 4 aromatic rings. The van der Waals surface area contributed by atoms with Gasteiger partial charge in [-0.2, -0.15) is 5.10 Å². The van der Waals surface area contributed by atoms with Gasteiger partial charge in [0.25, 0.3) is 5.69 Å².